The molecule has 0 radical (unpaired) electrons. The monoisotopic (exact) mass is 434 g/mol. The van der Waals surface area contributed by atoms with Gasteiger partial charge >= 0.3 is 0 Å². The maximum absolute atomic E-state index is 11.0. The topological polar surface area (TPSA) is 79.7 Å². The van der Waals surface area contributed by atoms with Crippen LogP contribution in [0, 0.1) is 10.1 Å². The number of nitrogens with one attached hydrogen (secondary N) is 2. The van der Waals surface area contributed by atoms with Crippen LogP contribution in [0.3, 0.4) is 0 Å². The number of thiocarbonyl (C=S) groups is 1. The summed E-state index contributed by atoms with van der Waals surface area (Å²) < 4.78 is 5.26. The van der Waals surface area contributed by atoms with E-state index in [2.05, 4.69) is 27.7 Å². The van der Waals surface area contributed by atoms with Crippen molar-refractivity contribution in [3.63, 3.8) is 0 Å². The lowest BCUT2D eigenvalue weighted by Crippen LogP contribution is -2.38. The molecule has 2 aromatic carbocycles. The third kappa shape index (κ3) is 5.56. The predicted octanol–water partition coefficient (Wildman–Crippen LogP) is 4.38. The van der Waals surface area contributed by atoms with Gasteiger partial charge in [0.1, 0.15) is 5.75 Å². The maximum Gasteiger partial charge on any atom is 0.271 e. The van der Waals surface area contributed by atoms with E-state index in [0.717, 1.165) is 18.8 Å². The molecule has 3 rings (SSSR count). The summed E-state index contributed by atoms with van der Waals surface area (Å²) in [6.45, 7) is 2.68. The van der Waals surface area contributed by atoms with Crippen LogP contribution < -0.4 is 15.4 Å². The van der Waals surface area contributed by atoms with Gasteiger partial charge in [-0.3, -0.25) is 15.0 Å². The van der Waals surface area contributed by atoms with Crippen molar-refractivity contribution in [1.29, 1.82) is 0 Å². The number of likely N-dealkylation sites (tertiary alicyclic amines) is 1. The number of rotatable bonds is 7. The molecule has 0 spiro atoms. The van der Waals surface area contributed by atoms with Crippen molar-refractivity contribution < 1.29 is 9.66 Å². The summed E-state index contributed by atoms with van der Waals surface area (Å²) in [5, 5.41) is 17.9. The summed E-state index contributed by atoms with van der Waals surface area (Å²) in [4.78, 5) is 12.9. The number of anilines is 1. The van der Waals surface area contributed by atoms with E-state index in [-0.39, 0.29) is 11.7 Å². The molecule has 7 nitrogen and oxygen atoms in total. The first-order valence-corrected chi connectivity index (χ1v) is 10.1. The highest BCUT2D eigenvalue weighted by molar-refractivity contribution is 7.80. The number of nitro groups is 1. The molecule has 1 heterocycles. The van der Waals surface area contributed by atoms with Gasteiger partial charge in [-0.2, -0.15) is 0 Å². The average Bonchev–Trinajstić information content (AvgIpc) is 3.24. The molecular weight excluding hydrogens is 412 g/mol. The minimum Gasteiger partial charge on any atom is -0.497 e. The van der Waals surface area contributed by atoms with E-state index in [9.17, 15) is 10.1 Å². The smallest absolute Gasteiger partial charge is 0.271 e. The van der Waals surface area contributed by atoms with Crippen molar-refractivity contribution in [2.24, 2.45) is 0 Å². The van der Waals surface area contributed by atoms with Crippen LogP contribution in [-0.4, -0.2) is 41.7 Å². The zero-order chi connectivity index (χ0) is 20.8. The van der Waals surface area contributed by atoms with Gasteiger partial charge in [-0.15, -0.1) is 0 Å². The number of ether oxygens (including phenoxy) is 1. The molecule has 1 aliphatic rings. The summed E-state index contributed by atoms with van der Waals surface area (Å²) in [6.07, 6.45) is 2.36. The Morgan fingerprint density at radius 3 is 2.59 bits per heavy atom. The van der Waals surface area contributed by atoms with Gasteiger partial charge in [-0.05, 0) is 61.9 Å². The van der Waals surface area contributed by atoms with Crippen LogP contribution in [0.25, 0.3) is 0 Å². The third-order valence-corrected chi connectivity index (χ3v) is 5.52. The molecule has 2 aromatic rings. The lowest BCUT2D eigenvalue weighted by atomic mass is 10.1. The number of nitro benzene ring substituents is 1. The van der Waals surface area contributed by atoms with Crippen molar-refractivity contribution in [3.05, 3.63) is 63.2 Å². The molecule has 29 heavy (non-hydrogen) atoms. The summed E-state index contributed by atoms with van der Waals surface area (Å²) >= 11 is 11.5. The average molecular weight is 435 g/mol. The number of hydrogen-bond acceptors (Lipinski definition) is 5. The van der Waals surface area contributed by atoms with Crippen LogP contribution >= 0.6 is 23.8 Å². The van der Waals surface area contributed by atoms with Crippen LogP contribution in [0.1, 0.15) is 24.4 Å². The van der Waals surface area contributed by atoms with E-state index in [1.807, 2.05) is 12.1 Å². The van der Waals surface area contributed by atoms with E-state index in [0.29, 0.717) is 22.4 Å². The first-order valence-electron chi connectivity index (χ1n) is 9.34. The van der Waals surface area contributed by atoms with Gasteiger partial charge < -0.3 is 15.4 Å². The number of halogens is 1. The van der Waals surface area contributed by atoms with Gasteiger partial charge in [0.2, 0.25) is 0 Å². The minimum absolute atomic E-state index is 0.0483. The molecule has 1 fully saturated rings. The van der Waals surface area contributed by atoms with Crippen molar-refractivity contribution in [2.45, 2.75) is 18.9 Å². The minimum atomic E-state index is -0.467. The second-order valence-corrected chi connectivity index (χ2v) is 7.60. The Labute approximate surface area is 180 Å². The summed E-state index contributed by atoms with van der Waals surface area (Å²) in [7, 11) is 1.65. The molecule has 0 bridgehead atoms. The molecule has 0 amide bonds. The Kier molecular flexibility index (Phi) is 7.24. The fraction of sp³-hybridized carbons (Fsp3) is 0.350. The van der Waals surface area contributed by atoms with Gasteiger partial charge in [-0.25, -0.2) is 0 Å². The highest BCUT2D eigenvalue weighted by Crippen LogP contribution is 2.28. The fourth-order valence-electron chi connectivity index (χ4n) is 3.42. The Hall–Kier alpha value is -2.42. The van der Waals surface area contributed by atoms with Gasteiger partial charge in [0.25, 0.3) is 5.69 Å². The molecule has 0 saturated carbocycles. The number of non-ortho nitro benzene ring substituents is 1. The summed E-state index contributed by atoms with van der Waals surface area (Å²) in [6, 6.07) is 12.4. The van der Waals surface area contributed by atoms with Gasteiger partial charge in [0, 0.05) is 18.7 Å². The molecule has 1 unspecified atom stereocenters. The fourth-order valence-corrected chi connectivity index (χ4v) is 3.77. The van der Waals surface area contributed by atoms with Gasteiger partial charge in [-0.1, -0.05) is 23.7 Å². The van der Waals surface area contributed by atoms with Crippen LogP contribution in [-0.2, 0) is 0 Å². The lowest BCUT2D eigenvalue weighted by molar-refractivity contribution is -0.384. The largest absolute Gasteiger partial charge is 0.497 e. The highest BCUT2D eigenvalue weighted by atomic mass is 35.5. The normalized spacial score (nSPS) is 15.0. The number of hydrogen-bond donors (Lipinski definition) is 2. The Bertz CT molecular complexity index is 873. The van der Waals surface area contributed by atoms with E-state index >= 15 is 0 Å². The second-order valence-electron chi connectivity index (χ2n) is 6.79. The van der Waals surface area contributed by atoms with E-state index < -0.39 is 4.92 Å². The summed E-state index contributed by atoms with van der Waals surface area (Å²) in [5.74, 6) is 0.819. The molecule has 9 heteroatoms. The summed E-state index contributed by atoms with van der Waals surface area (Å²) in [5.41, 5.74) is 1.53. The van der Waals surface area contributed by atoms with E-state index in [4.69, 9.17) is 28.6 Å². The lowest BCUT2D eigenvalue weighted by Gasteiger charge is -2.29. The second kappa shape index (κ2) is 9.87. The predicted molar refractivity (Wildman–Crippen MR) is 119 cm³/mol. The third-order valence-electron chi connectivity index (χ3n) is 4.95. The maximum atomic E-state index is 11.0. The van der Waals surface area contributed by atoms with Crippen LogP contribution in [0.4, 0.5) is 11.4 Å². The van der Waals surface area contributed by atoms with Crippen LogP contribution in [0.2, 0.25) is 5.02 Å². The van der Waals surface area contributed by atoms with Crippen molar-refractivity contribution in [2.75, 3.05) is 32.1 Å². The Morgan fingerprint density at radius 2 is 1.97 bits per heavy atom. The van der Waals surface area contributed by atoms with Gasteiger partial charge in [0.15, 0.2) is 5.11 Å². The highest BCUT2D eigenvalue weighted by Gasteiger charge is 2.23. The van der Waals surface area contributed by atoms with Gasteiger partial charge in [0.05, 0.1) is 28.8 Å². The first-order chi connectivity index (χ1) is 14.0. The van der Waals surface area contributed by atoms with Crippen molar-refractivity contribution in [3.8, 4) is 5.75 Å². The zero-order valence-electron chi connectivity index (χ0n) is 16.1. The Balaban J connectivity index is 1.68. The number of nitrogens with zero attached hydrogens (tertiary/aromatic N) is 2. The SMILES string of the molecule is COc1ccc(C(CNC(=S)Nc2cc([N+](=O)[O-])ccc2Cl)N2CCCC2)cc1. The molecule has 0 aliphatic carbocycles. The van der Waals surface area contributed by atoms with Crippen molar-refractivity contribution >= 4 is 40.3 Å². The quantitative estimate of drug-likeness (QED) is 0.380. The number of methoxy groups -OCH3 is 1. The number of benzene rings is 2. The standard InChI is InChI=1S/C20H23ClN4O3S/c1-28-16-7-4-14(5-8-16)19(24-10-2-3-11-24)13-22-20(29)23-18-12-15(25(26)27)6-9-17(18)21/h4-9,12,19H,2-3,10-11,13H2,1H3,(H2,22,23,29). The van der Waals surface area contributed by atoms with Crippen LogP contribution in [0.5, 0.6) is 5.75 Å². The van der Waals surface area contributed by atoms with E-state index in [1.54, 1.807) is 7.11 Å². The molecule has 0 aromatic heterocycles. The molecule has 2 N–H and O–H groups in total. The van der Waals surface area contributed by atoms with Crippen molar-refractivity contribution in [1.82, 2.24) is 10.2 Å². The molecule has 1 atom stereocenters. The van der Waals surface area contributed by atoms with E-state index in [1.165, 1.54) is 36.6 Å². The zero-order valence-corrected chi connectivity index (χ0v) is 17.6. The first kappa shape index (κ1) is 21.3. The molecule has 1 saturated heterocycles. The molecule has 1 aliphatic heterocycles. The molecular formula is C20H23ClN4O3S. The molecule has 154 valence electrons. The van der Waals surface area contributed by atoms with Crippen LogP contribution in [0.15, 0.2) is 42.5 Å². The Morgan fingerprint density at radius 1 is 1.28 bits per heavy atom.